The Bertz CT molecular complexity index is 349. The quantitative estimate of drug-likeness (QED) is 0.440. The van der Waals surface area contributed by atoms with Crippen LogP contribution < -0.4 is 5.73 Å². The number of anilines is 1. The highest BCUT2D eigenvalue weighted by Gasteiger charge is 2.10. The number of nitrogens with zero attached hydrogens (tertiary/aromatic N) is 1. The first-order valence-electron chi connectivity index (χ1n) is 6.88. The van der Waals surface area contributed by atoms with Crippen molar-refractivity contribution in [3.8, 4) is 0 Å². The number of hydrogen-bond acceptors (Lipinski definition) is 2. The summed E-state index contributed by atoms with van der Waals surface area (Å²) in [4.78, 5) is 2.18. The van der Waals surface area contributed by atoms with Gasteiger partial charge in [0, 0.05) is 24.3 Å². The van der Waals surface area contributed by atoms with Crippen LogP contribution in [0, 0.1) is 5.41 Å². The van der Waals surface area contributed by atoms with E-state index in [-0.39, 0.29) is 0 Å². The molecular formula is C15H25N3. The fourth-order valence-electron chi connectivity index (χ4n) is 1.86. The Hall–Kier alpha value is -1.51. The Morgan fingerprint density at radius 1 is 1.06 bits per heavy atom. The zero-order chi connectivity index (χ0) is 13.4. The molecule has 0 bridgehead atoms. The molecule has 0 unspecified atom stereocenters. The van der Waals surface area contributed by atoms with Crippen molar-refractivity contribution in [3.63, 3.8) is 0 Å². The van der Waals surface area contributed by atoms with E-state index in [0.717, 1.165) is 50.0 Å². The third-order valence-corrected chi connectivity index (χ3v) is 3.06. The lowest BCUT2D eigenvalue weighted by atomic mass is 10.1. The number of benzene rings is 1. The molecule has 0 aliphatic rings. The molecule has 1 rings (SSSR count). The van der Waals surface area contributed by atoms with Crippen molar-refractivity contribution in [2.24, 2.45) is 0 Å². The Morgan fingerprint density at radius 2 is 1.56 bits per heavy atom. The molecule has 0 heterocycles. The molecule has 0 aromatic heterocycles. The Morgan fingerprint density at radius 3 is 2.00 bits per heavy atom. The molecule has 0 aliphatic heterocycles. The summed E-state index contributed by atoms with van der Waals surface area (Å²) in [5.41, 5.74) is 7.38. The van der Waals surface area contributed by atoms with E-state index in [0.29, 0.717) is 5.84 Å². The predicted octanol–water partition coefficient (Wildman–Crippen LogP) is 3.50. The van der Waals surface area contributed by atoms with Gasteiger partial charge in [0.25, 0.3) is 0 Å². The monoisotopic (exact) mass is 247 g/mol. The molecule has 0 amide bonds. The van der Waals surface area contributed by atoms with Crippen LogP contribution in [-0.2, 0) is 0 Å². The van der Waals surface area contributed by atoms with Gasteiger partial charge in [-0.25, -0.2) is 0 Å². The highest BCUT2D eigenvalue weighted by atomic mass is 15.2. The predicted molar refractivity (Wildman–Crippen MR) is 79.1 cm³/mol. The zero-order valence-electron chi connectivity index (χ0n) is 11.6. The van der Waals surface area contributed by atoms with Crippen LogP contribution in [0.3, 0.4) is 0 Å². The van der Waals surface area contributed by atoms with Crippen LogP contribution in [-0.4, -0.2) is 23.8 Å². The van der Waals surface area contributed by atoms with Crippen molar-refractivity contribution in [2.45, 2.75) is 39.5 Å². The maximum atomic E-state index is 8.30. The minimum atomic E-state index is 0.622. The lowest BCUT2D eigenvalue weighted by molar-refractivity contribution is 0.397. The van der Waals surface area contributed by atoms with Crippen molar-refractivity contribution >= 4 is 11.5 Å². The number of nitrogens with one attached hydrogen (secondary N) is 1. The smallest absolute Gasteiger partial charge is 0.128 e. The molecule has 0 fully saturated rings. The molecular weight excluding hydrogens is 222 g/mol. The highest BCUT2D eigenvalue weighted by molar-refractivity contribution is 5.96. The molecule has 1 aromatic carbocycles. The van der Waals surface area contributed by atoms with Gasteiger partial charge >= 0.3 is 0 Å². The summed E-state index contributed by atoms with van der Waals surface area (Å²) in [7, 11) is 0. The lowest BCUT2D eigenvalue weighted by Crippen LogP contribution is -2.32. The summed E-state index contributed by atoms with van der Waals surface area (Å²) in [5, 5.41) is 8.30. The second-order valence-corrected chi connectivity index (χ2v) is 4.66. The Kier molecular flexibility index (Phi) is 6.26. The number of amidine groups is 1. The number of rotatable bonds is 7. The normalized spacial score (nSPS) is 10.3. The van der Waals surface area contributed by atoms with Gasteiger partial charge in [0.05, 0.1) is 0 Å². The molecule has 3 nitrogen and oxygen atoms in total. The third kappa shape index (κ3) is 4.40. The molecule has 0 radical (unpaired) electrons. The van der Waals surface area contributed by atoms with Crippen LogP contribution in [0.25, 0.3) is 0 Å². The van der Waals surface area contributed by atoms with Gasteiger partial charge in [-0.1, -0.05) is 26.7 Å². The summed E-state index contributed by atoms with van der Waals surface area (Å²) < 4.78 is 0. The van der Waals surface area contributed by atoms with E-state index in [1.807, 2.05) is 24.3 Å². The molecule has 18 heavy (non-hydrogen) atoms. The third-order valence-electron chi connectivity index (χ3n) is 3.06. The van der Waals surface area contributed by atoms with Crippen LogP contribution >= 0.6 is 0 Å². The van der Waals surface area contributed by atoms with Crippen LogP contribution in [0.5, 0.6) is 0 Å². The highest BCUT2D eigenvalue weighted by Crippen LogP contribution is 2.10. The molecule has 0 saturated heterocycles. The van der Waals surface area contributed by atoms with Crippen molar-refractivity contribution < 1.29 is 0 Å². The molecule has 1 aromatic rings. The summed E-state index contributed by atoms with van der Waals surface area (Å²) in [5.74, 6) is 0.622. The fourth-order valence-corrected chi connectivity index (χ4v) is 1.86. The first-order valence-corrected chi connectivity index (χ1v) is 6.88. The molecule has 3 heteroatoms. The van der Waals surface area contributed by atoms with Crippen molar-refractivity contribution in [2.75, 3.05) is 18.8 Å². The van der Waals surface area contributed by atoms with Gasteiger partial charge < -0.3 is 10.6 Å². The van der Waals surface area contributed by atoms with Gasteiger partial charge in [-0.3, -0.25) is 5.41 Å². The van der Waals surface area contributed by atoms with Crippen molar-refractivity contribution in [3.05, 3.63) is 29.8 Å². The van der Waals surface area contributed by atoms with Crippen molar-refractivity contribution in [1.82, 2.24) is 4.90 Å². The number of hydrogen-bond donors (Lipinski definition) is 2. The van der Waals surface area contributed by atoms with Gasteiger partial charge in [-0.05, 0) is 37.1 Å². The Balaban J connectivity index is 2.70. The minimum absolute atomic E-state index is 0.622. The molecule has 0 atom stereocenters. The van der Waals surface area contributed by atoms with Gasteiger partial charge in [-0.2, -0.15) is 0 Å². The SMILES string of the molecule is CCCCN(CCCC)C(=N)c1ccc(N)cc1. The number of nitrogen functional groups attached to an aromatic ring is 1. The van der Waals surface area contributed by atoms with E-state index in [9.17, 15) is 0 Å². The maximum Gasteiger partial charge on any atom is 0.128 e. The molecule has 0 spiro atoms. The van der Waals surface area contributed by atoms with Gasteiger partial charge in [0.1, 0.15) is 5.84 Å². The summed E-state index contributed by atoms with van der Waals surface area (Å²) >= 11 is 0. The molecule has 0 saturated carbocycles. The van der Waals surface area contributed by atoms with Crippen LogP contribution in [0.1, 0.15) is 45.1 Å². The molecule has 3 N–H and O–H groups in total. The van der Waals surface area contributed by atoms with Crippen molar-refractivity contribution in [1.29, 1.82) is 5.41 Å². The topological polar surface area (TPSA) is 53.1 Å². The van der Waals surface area contributed by atoms with E-state index in [1.165, 1.54) is 0 Å². The first-order chi connectivity index (χ1) is 8.69. The van der Waals surface area contributed by atoms with Gasteiger partial charge in [0.2, 0.25) is 0 Å². The van der Waals surface area contributed by atoms with E-state index < -0.39 is 0 Å². The van der Waals surface area contributed by atoms with E-state index in [2.05, 4.69) is 18.7 Å². The summed E-state index contributed by atoms with van der Waals surface area (Å²) in [6.45, 7) is 6.31. The zero-order valence-corrected chi connectivity index (χ0v) is 11.6. The summed E-state index contributed by atoms with van der Waals surface area (Å²) in [6.07, 6.45) is 4.61. The van der Waals surface area contributed by atoms with E-state index >= 15 is 0 Å². The largest absolute Gasteiger partial charge is 0.399 e. The van der Waals surface area contributed by atoms with E-state index in [4.69, 9.17) is 11.1 Å². The second kappa shape index (κ2) is 7.75. The Labute approximate surface area is 111 Å². The average molecular weight is 247 g/mol. The lowest BCUT2D eigenvalue weighted by Gasteiger charge is -2.25. The molecule has 0 aliphatic carbocycles. The fraction of sp³-hybridized carbons (Fsp3) is 0.533. The van der Waals surface area contributed by atoms with Crippen LogP contribution in [0.2, 0.25) is 0 Å². The number of nitrogens with two attached hydrogens (primary N) is 1. The summed E-state index contributed by atoms with van der Waals surface area (Å²) in [6, 6.07) is 7.59. The standard InChI is InChI=1S/C15H25N3/c1-3-5-11-18(12-6-4-2)15(17)13-7-9-14(16)10-8-13/h7-10,17H,3-6,11-12,16H2,1-2H3. The molecule has 100 valence electrons. The first kappa shape index (κ1) is 14.6. The average Bonchev–Trinajstić information content (AvgIpc) is 2.39. The van der Waals surface area contributed by atoms with E-state index in [1.54, 1.807) is 0 Å². The second-order valence-electron chi connectivity index (χ2n) is 4.66. The van der Waals surface area contributed by atoms with Crippen LogP contribution in [0.15, 0.2) is 24.3 Å². The number of unbranched alkanes of at least 4 members (excludes halogenated alkanes) is 2. The maximum absolute atomic E-state index is 8.30. The minimum Gasteiger partial charge on any atom is -0.399 e. The van der Waals surface area contributed by atoms with Crippen LogP contribution in [0.4, 0.5) is 5.69 Å². The van der Waals surface area contributed by atoms with Gasteiger partial charge in [0.15, 0.2) is 0 Å². The van der Waals surface area contributed by atoms with Gasteiger partial charge in [-0.15, -0.1) is 0 Å².